The van der Waals surface area contributed by atoms with Crippen molar-refractivity contribution in [3.05, 3.63) is 29.3 Å². The molecule has 0 amide bonds. The second-order valence-electron chi connectivity index (χ2n) is 3.78. The standard InChI is InChI=1S/C11H11N5O2S2/c1-8-4-5-10(9(7-8)3-2-6-12)20(17,18)14-11-13-15-16-19-11/h4-5,7H,6,12H2,1H3,(H,13,14,16). The highest BCUT2D eigenvalue weighted by molar-refractivity contribution is 7.93. The summed E-state index contributed by atoms with van der Waals surface area (Å²) in [7, 11) is -3.79. The first-order valence-electron chi connectivity index (χ1n) is 5.50. The first-order chi connectivity index (χ1) is 9.53. The van der Waals surface area contributed by atoms with E-state index in [-0.39, 0.29) is 16.6 Å². The molecule has 0 saturated carbocycles. The number of sulfonamides is 1. The molecule has 104 valence electrons. The number of rotatable bonds is 3. The minimum atomic E-state index is -3.79. The molecule has 20 heavy (non-hydrogen) atoms. The molecule has 0 saturated heterocycles. The van der Waals surface area contributed by atoms with Crippen LogP contribution in [0.25, 0.3) is 0 Å². The number of hydrogen-bond donors (Lipinski definition) is 2. The number of aromatic nitrogens is 3. The quantitative estimate of drug-likeness (QED) is 0.792. The molecular weight excluding hydrogens is 298 g/mol. The summed E-state index contributed by atoms with van der Waals surface area (Å²) in [6.07, 6.45) is 0. The van der Waals surface area contributed by atoms with Crippen molar-refractivity contribution in [2.24, 2.45) is 5.73 Å². The Morgan fingerprint density at radius 3 is 2.90 bits per heavy atom. The average molecular weight is 309 g/mol. The lowest BCUT2D eigenvalue weighted by atomic mass is 10.1. The Bertz CT molecular complexity index is 760. The maximum Gasteiger partial charge on any atom is 0.264 e. The lowest BCUT2D eigenvalue weighted by molar-refractivity contribution is 0.601. The van der Waals surface area contributed by atoms with Crippen molar-refractivity contribution in [2.75, 3.05) is 11.3 Å². The van der Waals surface area contributed by atoms with Crippen LogP contribution in [0.1, 0.15) is 11.1 Å². The van der Waals surface area contributed by atoms with Crippen LogP contribution in [-0.4, -0.2) is 29.8 Å². The highest BCUT2D eigenvalue weighted by Gasteiger charge is 2.19. The van der Waals surface area contributed by atoms with E-state index < -0.39 is 10.0 Å². The molecule has 7 nitrogen and oxygen atoms in total. The third-order valence-electron chi connectivity index (χ3n) is 2.27. The van der Waals surface area contributed by atoms with Gasteiger partial charge < -0.3 is 5.73 Å². The Morgan fingerprint density at radius 1 is 1.45 bits per heavy atom. The molecule has 2 rings (SSSR count). The molecule has 0 aliphatic rings. The number of nitrogens with two attached hydrogens (primary N) is 1. The molecule has 0 aliphatic heterocycles. The topological polar surface area (TPSA) is 111 Å². The lowest BCUT2D eigenvalue weighted by Crippen LogP contribution is -2.14. The lowest BCUT2D eigenvalue weighted by Gasteiger charge is -2.07. The van der Waals surface area contributed by atoms with Crippen molar-refractivity contribution in [3.63, 3.8) is 0 Å². The van der Waals surface area contributed by atoms with Crippen molar-refractivity contribution < 1.29 is 8.42 Å². The zero-order valence-electron chi connectivity index (χ0n) is 10.5. The van der Waals surface area contributed by atoms with Crippen LogP contribution in [0, 0.1) is 18.8 Å². The minimum absolute atomic E-state index is 0.0688. The summed E-state index contributed by atoms with van der Waals surface area (Å²) < 4.78 is 30.4. The smallest absolute Gasteiger partial charge is 0.264 e. The Kier molecular flexibility index (Phi) is 4.29. The van der Waals surface area contributed by atoms with Crippen LogP contribution in [-0.2, 0) is 10.0 Å². The molecule has 1 aromatic heterocycles. The van der Waals surface area contributed by atoms with E-state index in [0.717, 1.165) is 17.1 Å². The predicted octanol–water partition coefficient (Wildman–Crippen LogP) is 0.353. The van der Waals surface area contributed by atoms with Gasteiger partial charge in [-0.05, 0) is 29.8 Å². The highest BCUT2D eigenvalue weighted by Crippen LogP contribution is 2.20. The van der Waals surface area contributed by atoms with Crippen LogP contribution in [0.4, 0.5) is 5.13 Å². The first-order valence-corrected chi connectivity index (χ1v) is 7.76. The number of nitrogens with zero attached hydrogens (tertiary/aromatic N) is 3. The maximum absolute atomic E-state index is 12.3. The first kappa shape index (κ1) is 14.4. The summed E-state index contributed by atoms with van der Waals surface area (Å²) in [4.78, 5) is 0.0688. The Hall–Kier alpha value is -2.02. The van der Waals surface area contributed by atoms with E-state index in [9.17, 15) is 8.42 Å². The number of aryl methyl sites for hydroxylation is 1. The normalized spacial score (nSPS) is 10.7. The highest BCUT2D eigenvalue weighted by atomic mass is 32.2. The number of benzene rings is 1. The van der Waals surface area contributed by atoms with Gasteiger partial charge in [-0.15, -0.1) is 0 Å². The van der Waals surface area contributed by atoms with Gasteiger partial charge in [0.25, 0.3) is 10.0 Å². The van der Waals surface area contributed by atoms with Gasteiger partial charge in [0.05, 0.1) is 6.54 Å². The fourth-order valence-electron chi connectivity index (χ4n) is 1.47. The van der Waals surface area contributed by atoms with Crippen LogP contribution in [0.5, 0.6) is 0 Å². The molecule has 1 heterocycles. The van der Waals surface area contributed by atoms with Crippen LogP contribution in [0.2, 0.25) is 0 Å². The van der Waals surface area contributed by atoms with E-state index in [0.29, 0.717) is 5.56 Å². The molecule has 2 aromatic rings. The zero-order chi connectivity index (χ0) is 14.6. The SMILES string of the molecule is Cc1ccc(S(=O)(=O)Nc2nnns2)c(C#CCN)c1. The summed E-state index contributed by atoms with van der Waals surface area (Å²) in [5.41, 5.74) is 6.61. The van der Waals surface area contributed by atoms with Crippen molar-refractivity contribution >= 4 is 26.7 Å². The summed E-state index contributed by atoms with van der Waals surface area (Å²) in [6.45, 7) is 2.01. The number of nitrogens with one attached hydrogen (secondary N) is 1. The average Bonchev–Trinajstić information content (AvgIpc) is 2.88. The monoisotopic (exact) mass is 309 g/mol. The predicted molar refractivity (Wildman–Crippen MR) is 75.6 cm³/mol. The van der Waals surface area contributed by atoms with Crippen molar-refractivity contribution in [3.8, 4) is 11.8 Å². The summed E-state index contributed by atoms with van der Waals surface area (Å²) in [5.74, 6) is 5.41. The molecule has 0 radical (unpaired) electrons. The molecule has 0 unspecified atom stereocenters. The Balaban J connectivity index is 2.45. The van der Waals surface area contributed by atoms with E-state index >= 15 is 0 Å². The van der Waals surface area contributed by atoms with Crippen molar-refractivity contribution in [1.82, 2.24) is 14.8 Å². The summed E-state index contributed by atoms with van der Waals surface area (Å²) in [5, 5.41) is 6.98. The van der Waals surface area contributed by atoms with Crippen LogP contribution < -0.4 is 10.5 Å². The van der Waals surface area contributed by atoms with Gasteiger partial charge in [-0.3, -0.25) is 4.72 Å². The Morgan fingerprint density at radius 2 is 2.25 bits per heavy atom. The van der Waals surface area contributed by atoms with Crippen LogP contribution in [0.15, 0.2) is 23.1 Å². The molecule has 0 aliphatic carbocycles. The van der Waals surface area contributed by atoms with E-state index in [1.54, 1.807) is 12.1 Å². The summed E-state index contributed by atoms with van der Waals surface area (Å²) >= 11 is 0.853. The van der Waals surface area contributed by atoms with Gasteiger partial charge in [0, 0.05) is 17.1 Å². The zero-order valence-corrected chi connectivity index (χ0v) is 12.1. The van der Waals surface area contributed by atoms with Crippen LogP contribution in [0.3, 0.4) is 0 Å². The van der Waals surface area contributed by atoms with Gasteiger partial charge in [0.2, 0.25) is 5.13 Å². The molecule has 0 spiro atoms. The molecule has 0 atom stereocenters. The minimum Gasteiger partial charge on any atom is -0.320 e. The third kappa shape index (κ3) is 3.30. The summed E-state index contributed by atoms with van der Waals surface area (Å²) in [6, 6.07) is 4.88. The maximum atomic E-state index is 12.3. The van der Waals surface area contributed by atoms with Gasteiger partial charge in [-0.1, -0.05) is 27.5 Å². The van der Waals surface area contributed by atoms with Gasteiger partial charge in [0.1, 0.15) is 4.90 Å². The van der Waals surface area contributed by atoms with Crippen LogP contribution >= 0.6 is 11.5 Å². The molecule has 3 N–H and O–H groups in total. The van der Waals surface area contributed by atoms with E-state index in [1.807, 2.05) is 6.92 Å². The molecule has 0 bridgehead atoms. The largest absolute Gasteiger partial charge is 0.320 e. The van der Waals surface area contributed by atoms with Gasteiger partial charge in [0.15, 0.2) is 0 Å². The van der Waals surface area contributed by atoms with E-state index in [1.165, 1.54) is 6.07 Å². The van der Waals surface area contributed by atoms with E-state index in [2.05, 4.69) is 31.4 Å². The molecule has 9 heteroatoms. The number of hydrogen-bond acceptors (Lipinski definition) is 7. The Labute approximate surface area is 120 Å². The fourth-order valence-corrected chi connectivity index (χ4v) is 3.19. The van der Waals surface area contributed by atoms with Gasteiger partial charge >= 0.3 is 0 Å². The second kappa shape index (κ2) is 5.96. The van der Waals surface area contributed by atoms with Crippen molar-refractivity contribution in [1.29, 1.82) is 0 Å². The number of anilines is 1. The fraction of sp³-hybridized carbons (Fsp3) is 0.182. The molecule has 0 fully saturated rings. The third-order valence-corrected chi connectivity index (χ3v) is 4.31. The van der Waals surface area contributed by atoms with Gasteiger partial charge in [-0.25, -0.2) is 8.42 Å². The molecule has 1 aromatic carbocycles. The molecular formula is C11H11N5O2S2. The van der Waals surface area contributed by atoms with E-state index in [4.69, 9.17) is 5.73 Å². The van der Waals surface area contributed by atoms with Crippen molar-refractivity contribution in [2.45, 2.75) is 11.8 Å². The van der Waals surface area contributed by atoms with Gasteiger partial charge in [-0.2, -0.15) is 0 Å². The second-order valence-corrected chi connectivity index (χ2v) is 6.16.